The summed E-state index contributed by atoms with van der Waals surface area (Å²) in [7, 11) is 1.60. The second-order valence-electron chi connectivity index (χ2n) is 3.79. The van der Waals surface area contributed by atoms with E-state index in [1.165, 1.54) is 0 Å². The molecule has 1 aromatic carbocycles. The van der Waals surface area contributed by atoms with Crippen molar-refractivity contribution in [2.45, 2.75) is 32.8 Å². The lowest BCUT2D eigenvalue weighted by molar-refractivity contribution is 0.198. The zero-order chi connectivity index (χ0) is 12.0. The number of aliphatic hydroxyl groups excluding tert-OH is 1. The summed E-state index contributed by atoms with van der Waals surface area (Å²) in [4.78, 5) is 0. The number of ether oxygens (including phenoxy) is 2. The predicted molar refractivity (Wildman–Crippen MR) is 64.0 cm³/mol. The van der Waals surface area contributed by atoms with Gasteiger partial charge in [-0.15, -0.1) is 0 Å². The van der Waals surface area contributed by atoms with E-state index in [1.54, 1.807) is 14.0 Å². The Morgan fingerprint density at radius 1 is 1.31 bits per heavy atom. The molecule has 90 valence electrons. The Balaban J connectivity index is 2.76. The largest absolute Gasteiger partial charge is 0.493 e. The average Bonchev–Trinajstić information content (AvgIpc) is 2.29. The van der Waals surface area contributed by atoms with Crippen molar-refractivity contribution in [3.05, 3.63) is 23.8 Å². The molecule has 0 radical (unpaired) electrons. The minimum absolute atomic E-state index is 0.487. The third kappa shape index (κ3) is 3.42. The molecule has 0 unspecified atom stereocenters. The van der Waals surface area contributed by atoms with Crippen LogP contribution in [0.25, 0.3) is 0 Å². The van der Waals surface area contributed by atoms with Gasteiger partial charge in [0, 0.05) is 0 Å². The maximum Gasteiger partial charge on any atom is 0.161 e. The van der Waals surface area contributed by atoms with Crippen LogP contribution in [0.1, 0.15) is 38.4 Å². The van der Waals surface area contributed by atoms with Crippen molar-refractivity contribution in [3.63, 3.8) is 0 Å². The monoisotopic (exact) mass is 224 g/mol. The molecule has 0 aliphatic rings. The van der Waals surface area contributed by atoms with E-state index in [0.29, 0.717) is 12.4 Å². The highest BCUT2D eigenvalue weighted by molar-refractivity contribution is 5.43. The fourth-order valence-corrected chi connectivity index (χ4v) is 1.39. The van der Waals surface area contributed by atoms with E-state index in [9.17, 15) is 5.11 Å². The maximum atomic E-state index is 9.45. The van der Waals surface area contributed by atoms with E-state index in [-0.39, 0.29) is 0 Å². The summed E-state index contributed by atoms with van der Waals surface area (Å²) >= 11 is 0. The van der Waals surface area contributed by atoms with Crippen molar-refractivity contribution in [3.8, 4) is 11.5 Å². The van der Waals surface area contributed by atoms with Gasteiger partial charge in [0.1, 0.15) is 0 Å². The number of benzene rings is 1. The van der Waals surface area contributed by atoms with Crippen LogP contribution in [0.3, 0.4) is 0 Å². The van der Waals surface area contributed by atoms with Crippen molar-refractivity contribution in [1.29, 1.82) is 0 Å². The highest BCUT2D eigenvalue weighted by atomic mass is 16.5. The van der Waals surface area contributed by atoms with E-state index in [2.05, 4.69) is 6.92 Å². The first-order chi connectivity index (χ1) is 7.69. The van der Waals surface area contributed by atoms with Gasteiger partial charge in [0.15, 0.2) is 11.5 Å². The molecule has 0 heterocycles. The Hall–Kier alpha value is -1.22. The van der Waals surface area contributed by atoms with Crippen LogP contribution < -0.4 is 9.47 Å². The molecule has 16 heavy (non-hydrogen) atoms. The van der Waals surface area contributed by atoms with Crippen molar-refractivity contribution in [1.82, 2.24) is 0 Å². The highest BCUT2D eigenvalue weighted by Gasteiger charge is 2.08. The van der Waals surface area contributed by atoms with E-state index < -0.39 is 6.10 Å². The fourth-order valence-electron chi connectivity index (χ4n) is 1.39. The summed E-state index contributed by atoms with van der Waals surface area (Å²) in [5.41, 5.74) is 0.833. The van der Waals surface area contributed by atoms with Gasteiger partial charge in [0.05, 0.1) is 19.8 Å². The molecular formula is C13H20O3. The van der Waals surface area contributed by atoms with Gasteiger partial charge in [-0.3, -0.25) is 0 Å². The molecule has 1 N–H and O–H groups in total. The second-order valence-corrected chi connectivity index (χ2v) is 3.79. The van der Waals surface area contributed by atoms with Crippen LogP contribution >= 0.6 is 0 Å². The van der Waals surface area contributed by atoms with Gasteiger partial charge in [0.25, 0.3) is 0 Å². The van der Waals surface area contributed by atoms with E-state index in [4.69, 9.17) is 9.47 Å². The number of hydrogen-bond acceptors (Lipinski definition) is 3. The molecular weight excluding hydrogens is 204 g/mol. The standard InChI is InChI=1S/C13H20O3/c1-4-5-8-16-12-7-6-11(10(2)14)9-13(12)15-3/h6-7,9-10,14H,4-5,8H2,1-3H3/t10-/m0/s1. The number of hydrogen-bond donors (Lipinski definition) is 1. The Morgan fingerprint density at radius 2 is 2.06 bits per heavy atom. The van der Waals surface area contributed by atoms with Crippen LogP contribution in [-0.4, -0.2) is 18.8 Å². The molecule has 0 bridgehead atoms. The zero-order valence-electron chi connectivity index (χ0n) is 10.2. The van der Waals surface area contributed by atoms with Gasteiger partial charge in [-0.05, 0) is 31.0 Å². The first kappa shape index (κ1) is 12.8. The fraction of sp³-hybridized carbons (Fsp3) is 0.538. The summed E-state index contributed by atoms with van der Waals surface area (Å²) < 4.78 is 10.8. The third-order valence-electron chi connectivity index (χ3n) is 2.43. The van der Waals surface area contributed by atoms with Gasteiger partial charge in [-0.25, -0.2) is 0 Å². The van der Waals surface area contributed by atoms with Gasteiger partial charge in [0.2, 0.25) is 0 Å². The molecule has 0 fully saturated rings. The average molecular weight is 224 g/mol. The van der Waals surface area contributed by atoms with Crippen LogP contribution in [0.15, 0.2) is 18.2 Å². The molecule has 1 aromatic rings. The van der Waals surface area contributed by atoms with Crippen molar-refractivity contribution in [2.24, 2.45) is 0 Å². The third-order valence-corrected chi connectivity index (χ3v) is 2.43. The SMILES string of the molecule is CCCCOc1ccc([C@H](C)O)cc1OC. The molecule has 0 aliphatic heterocycles. The number of aliphatic hydroxyl groups is 1. The summed E-state index contributed by atoms with van der Waals surface area (Å²) in [6, 6.07) is 5.51. The Labute approximate surface area is 97.0 Å². The lowest BCUT2D eigenvalue weighted by atomic mass is 10.1. The molecule has 0 saturated heterocycles. The maximum absolute atomic E-state index is 9.45. The zero-order valence-corrected chi connectivity index (χ0v) is 10.2. The Morgan fingerprint density at radius 3 is 2.62 bits per heavy atom. The predicted octanol–water partition coefficient (Wildman–Crippen LogP) is 2.93. The first-order valence-corrected chi connectivity index (χ1v) is 5.67. The van der Waals surface area contributed by atoms with Crippen LogP contribution in [0, 0.1) is 0 Å². The molecule has 1 rings (SSSR count). The quantitative estimate of drug-likeness (QED) is 0.755. The van der Waals surface area contributed by atoms with Crippen molar-refractivity contribution >= 4 is 0 Å². The van der Waals surface area contributed by atoms with Gasteiger partial charge in [-0.1, -0.05) is 19.4 Å². The summed E-state index contributed by atoms with van der Waals surface area (Å²) in [5, 5.41) is 9.45. The van der Waals surface area contributed by atoms with Crippen LogP contribution in [0.2, 0.25) is 0 Å². The molecule has 3 heteroatoms. The summed E-state index contributed by atoms with van der Waals surface area (Å²) in [5.74, 6) is 1.41. The minimum Gasteiger partial charge on any atom is -0.493 e. The highest BCUT2D eigenvalue weighted by Crippen LogP contribution is 2.30. The van der Waals surface area contributed by atoms with E-state index in [1.807, 2.05) is 18.2 Å². The molecule has 0 amide bonds. The first-order valence-electron chi connectivity index (χ1n) is 5.67. The van der Waals surface area contributed by atoms with Crippen LogP contribution in [0.4, 0.5) is 0 Å². The van der Waals surface area contributed by atoms with E-state index >= 15 is 0 Å². The lowest BCUT2D eigenvalue weighted by Gasteiger charge is -2.13. The van der Waals surface area contributed by atoms with Crippen molar-refractivity contribution in [2.75, 3.05) is 13.7 Å². The lowest BCUT2D eigenvalue weighted by Crippen LogP contribution is -2.00. The van der Waals surface area contributed by atoms with Crippen molar-refractivity contribution < 1.29 is 14.6 Å². The smallest absolute Gasteiger partial charge is 0.161 e. The second kappa shape index (κ2) is 6.38. The normalized spacial score (nSPS) is 12.2. The van der Waals surface area contributed by atoms with Gasteiger partial charge >= 0.3 is 0 Å². The Kier molecular flexibility index (Phi) is 5.12. The molecule has 1 atom stereocenters. The molecule has 0 spiro atoms. The number of unbranched alkanes of at least 4 members (excludes halogenated alkanes) is 1. The Bertz CT molecular complexity index is 321. The van der Waals surface area contributed by atoms with E-state index in [0.717, 1.165) is 24.2 Å². The van der Waals surface area contributed by atoms with Gasteiger partial charge < -0.3 is 14.6 Å². The number of rotatable bonds is 6. The summed E-state index contributed by atoms with van der Waals surface area (Å²) in [6.07, 6.45) is 1.65. The molecule has 0 aliphatic carbocycles. The molecule has 3 nitrogen and oxygen atoms in total. The molecule has 0 saturated carbocycles. The molecule has 0 aromatic heterocycles. The summed E-state index contributed by atoms with van der Waals surface area (Å²) in [6.45, 7) is 4.55. The van der Waals surface area contributed by atoms with Crippen LogP contribution in [0.5, 0.6) is 11.5 Å². The van der Waals surface area contributed by atoms with Crippen LogP contribution in [-0.2, 0) is 0 Å². The number of methoxy groups -OCH3 is 1. The topological polar surface area (TPSA) is 38.7 Å². The minimum atomic E-state index is -0.487. The van der Waals surface area contributed by atoms with Gasteiger partial charge in [-0.2, -0.15) is 0 Å².